The van der Waals surface area contributed by atoms with Crippen LogP contribution < -0.4 is 4.90 Å². The number of carbonyl (C=O) groups excluding carboxylic acids is 2. The number of hydrogen-bond donors (Lipinski definition) is 0. The summed E-state index contributed by atoms with van der Waals surface area (Å²) in [6.07, 6.45) is 0. The summed E-state index contributed by atoms with van der Waals surface area (Å²) in [5, 5.41) is 0.486. The standard InChI is InChI=1S/C29H20ClNO2/c30-23-17-10-18-24(19-23)31-26(32)25-28(20-11-4-1-5-12-20,21-13-6-2-7-14-21)29(25,27(31)33)22-15-8-3-9-16-22/h1-19,25H/t25-,29-/m1/s1. The minimum absolute atomic E-state index is 0.196. The molecule has 6 rings (SSSR count). The van der Waals surface area contributed by atoms with Crippen molar-refractivity contribution in [1.82, 2.24) is 0 Å². The van der Waals surface area contributed by atoms with Gasteiger partial charge < -0.3 is 0 Å². The van der Waals surface area contributed by atoms with Gasteiger partial charge in [-0.2, -0.15) is 0 Å². The Morgan fingerprint density at radius 3 is 1.58 bits per heavy atom. The lowest BCUT2D eigenvalue weighted by atomic mass is 9.76. The number of carbonyl (C=O) groups is 2. The van der Waals surface area contributed by atoms with Crippen molar-refractivity contribution in [2.24, 2.45) is 5.92 Å². The van der Waals surface area contributed by atoms with Crippen molar-refractivity contribution in [1.29, 1.82) is 0 Å². The average molecular weight is 450 g/mol. The van der Waals surface area contributed by atoms with E-state index in [0.717, 1.165) is 16.7 Å². The Labute approximate surface area is 197 Å². The number of fused-ring (bicyclic) bond motifs is 1. The topological polar surface area (TPSA) is 37.4 Å². The lowest BCUT2D eigenvalue weighted by Crippen LogP contribution is -2.44. The van der Waals surface area contributed by atoms with Crippen LogP contribution in [0.15, 0.2) is 115 Å². The van der Waals surface area contributed by atoms with E-state index in [9.17, 15) is 9.59 Å². The van der Waals surface area contributed by atoms with E-state index < -0.39 is 16.7 Å². The second-order valence-corrected chi connectivity index (χ2v) is 9.04. The molecule has 4 heteroatoms. The molecule has 1 aliphatic heterocycles. The summed E-state index contributed by atoms with van der Waals surface area (Å²) in [7, 11) is 0. The Hall–Kier alpha value is -3.69. The van der Waals surface area contributed by atoms with Gasteiger partial charge in [-0.1, -0.05) is 109 Å². The summed E-state index contributed by atoms with van der Waals surface area (Å²) in [4.78, 5) is 29.8. The molecule has 1 saturated carbocycles. The molecule has 2 atom stereocenters. The van der Waals surface area contributed by atoms with Crippen LogP contribution in [0.1, 0.15) is 16.7 Å². The zero-order valence-electron chi connectivity index (χ0n) is 17.7. The smallest absolute Gasteiger partial charge is 0.246 e. The maximum Gasteiger partial charge on any atom is 0.246 e. The van der Waals surface area contributed by atoms with Gasteiger partial charge in [0, 0.05) is 5.02 Å². The third kappa shape index (κ3) is 2.46. The Balaban J connectivity index is 1.65. The van der Waals surface area contributed by atoms with E-state index in [1.165, 1.54) is 4.90 Å². The predicted octanol–water partition coefficient (Wildman–Crippen LogP) is 5.77. The molecule has 1 aliphatic carbocycles. The maximum absolute atomic E-state index is 14.4. The van der Waals surface area contributed by atoms with Gasteiger partial charge in [-0.15, -0.1) is 0 Å². The van der Waals surface area contributed by atoms with Crippen molar-refractivity contribution in [3.8, 4) is 0 Å². The number of anilines is 1. The third-order valence-corrected chi connectivity index (χ3v) is 7.40. The lowest BCUT2D eigenvalue weighted by molar-refractivity contribution is -0.124. The molecule has 0 bridgehead atoms. The SMILES string of the molecule is O=C1[C@@H]2C(c3ccccc3)(c3ccccc3)[C@@]2(c2ccccc2)C(=O)N1c1cccc(Cl)c1. The van der Waals surface area contributed by atoms with Crippen LogP contribution in [-0.2, 0) is 20.4 Å². The quantitative estimate of drug-likeness (QED) is 0.371. The molecule has 1 saturated heterocycles. The van der Waals surface area contributed by atoms with Crippen molar-refractivity contribution >= 4 is 29.1 Å². The summed E-state index contributed by atoms with van der Waals surface area (Å²) >= 11 is 6.22. The largest absolute Gasteiger partial charge is 0.274 e. The first-order chi connectivity index (χ1) is 16.1. The second-order valence-electron chi connectivity index (χ2n) is 8.61. The molecule has 2 fully saturated rings. The first-order valence-electron chi connectivity index (χ1n) is 10.9. The van der Waals surface area contributed by atoms with Gasteiger partial charge in [0.2, 0.25) is 11.8 Å². The van der Waals surface area contributed by atoms with E-state index in [1.807, 2.05) is 91.0 Å². The van der Waals surface area contributed by atoms with Crippen molar-refractivity contribution in [2.45, 2.75) is 10.8 Å². The van der Waals surface area contributed by atoms with Crippen LogP contribution >= 0.6 is 11.6 Å². The zero-order valence-corrected chi connectivity index (χ0v) is 18.4. The van der Waals surface area contributed by atoms with Crippen molar-refractivity contribution in [3.05, 3.63) is 137 Å². The minimum Gasteiger partial charge on any atom is -0.274 e. The molecule has 0 spiro atoms. The maximum atomic E-state index is 14.4. The van der Waals surface area contributed by atoms with E-state index >= 15 is 0 Å². The first kappa shape index (κ1) is 20.0. The van der Waals surface area contributed by atoms with E-state index in [-0.39, 0.29) is 11.8 Å². The van der Waals surface area contributed by atoms with E-state index in [1.54, 1.807) is 24.3 Å². The van der Waals surface area contributed by atoms with Gasteiger partial charge in [-0.3, -0.25) is 9.59 Å². The molecular weight excluding hydrogens is 430 g/mol. The number of imide groups is 1. The zero-order chi connectivity index (χ0) is 22.6. The van der Waals surface area contributed by atoms with Gasteiger partial charge in [-0.05, 0) is 34.9 Å². The Bertz CT molecular complexity index is 1330. The van der Waals surface area contributed by atoms with Crippen LogP contribution in [0.25, 0.3) is 0 Å². The van der Waals surface area contributed by atoms with Crippen molar-refractivity contribution in [2.75, 3.05) is 4.90 Å². The van der Waals surface area contributed by atoms with Gasteiger partial charge in [0.05, 0.1) is 17.0 Å². The van der Waals surface area contributed by atoms with Crippen LogP contribution in [0.3, 0.4) is 0 Å². The average Bonchev–Trinajstić information content (AvgIpc) is 3.45. The highest BCUT2D eigenvalue weighted by Gasteiger charge is 2.89. The summed E-state index contributed by atoms with van der Waals surface area (Å²) in [6, 6.07) is 36.6. The fourth-order valence-corrected chi connectivity index (χ4v) is 6.16. The lowest BCUT2D eigenvalue weighted by Gasteiger charge is -2.31. The van der Waals surface area contributed by atoms with Gasteiger partial charge in [0.25, 0.3) is 0 Å². The molecule has 4 aromatic carbocycles. The molecule has 0 N–H and O–H groups in total. The monoisotopic (exact) mass is 449 g/mol. The summed E-state index contributed by atoms with van der Waals surface area (Å²) < 4.78 is 0. The van der Waals surface area contributed by atoms with Gasteiger partial charge in [-0.25, -0.2) is 4.90 Å². The number of benzene rings is 4. The molecule has 160 valence electrons. The number of amides is 2. The Morgan fingerprint density at radius 1 is 0.606 bits per heavy atom. The molecule has 0 radical (unpaired) electrons. The van der Waals surface area contributed by atoms with Gasteiger partial charge in [0.1, 0.15) is 5.41 Å². The summed E-state index contributed by atoms with van der Waals surface area (Å²) in [5.41, 5.74) is 1.49. The van der Waals surface area contributed by atoms with Gasteiger partial charge in [0.15, 0.2) is 0 Å². The first-order valence-corrected chi connectivity index (χ1v) is 11.3. The van der Waals surface area contributed by atoms with Crippen LogP contribution in [0, 0.1) is 5.92 Å². The molecule has 0 unspecified atom stereocenters. The highest BCUT2D eigenvalue weighted by atomic mass is 35.5. The van der Waals surface area contributed by atoms with E-state index in [4.69, 9.17) is 11.6 Å². The molecule has 2 amide bonds. The predicted molar refractivity (Wildman–Crippen MR) is 129 cm³/mol. The third-order valence-electron chi connectivity index (χ3n) is 7.17. The fourth-order valence-electron chi connectivity index (χ4n) is 5.98. The number of halogens is 1. The fraction of sp³-hybridized carbons (Fsp3) is 0.103. The molecular formula is C29H20ClNO2. The molecule has 1 heterocycles. The Morgan fingerprint density at radius 2 is 1.09 bits per heavy atom. The normalized spacial score (nSPS) is 22.8. The highest BCUT2D eigenvalue weighted by Crippen LogP contribution is 2.77. The summed E-state index contributed by atoms with van der Waals surface area (Å²) in [6.45, 7) is 0. The Kier molecular flexibility index (Phi) is 4.33. The minimum atomic E-state index is -1.03. The van der Waals surface area contributed by atoms with Gasteiger partial charge >= 0.3 is 0 Å². The number of nitrogens with zero attached hydrogens (tertiary/aromatic N) is 1. The second kappa shape index (κ2) is 7.16. The number of piperidine rings is 1. The number of hydrogen-bond acceptors (Lipinski definition) is 2. The summed E-state index contributed by atoms with van der Waals surface area (Å²) in [5.74, 6) is -0.957. The van der Waals surface area contributed by atoms with Crippen LogP contribution in [0.5, 0.6) is 0 Å². The molecule has 33 heavy (non-hydrogen) atoms. The molecule has 3 nitrogen and oxygen atoms in total. The van der Waals surface area contributed by atoms with Crippen LogP contribution in [0.4, 0.5) is 5.69 Å². The van der Waals surface area contributed by atoms with E-state index in [2.05, 4.69) is 0 Å². The molecule has 4 aromatic rings. The number of rotatable bonds is 4. The van der Waals surface area contributed by atoms with Crippen LogP contribution in [0.2, 0.25) is 5.02 Å². The van der Waals surface area contributed by atoms with Crippen molar-refractivity contribution < 1.29 is 9.59 Å². The van der Waals surface area contributed by atoms with Crippen LogP contribution in [-0.4, -0.2) is 11.8 Å². The van der Waals surface area contributed by atoms with Crippen molar-refractivity contribution in [3.63, 3.8) is 0 Å². The van der Waals surface area contributed by atoms with E-state index in [0.29, 0.717) is 10.7 Å². The molecule has 0 aromatic heterocycles. The highest BCUT2D eigenvalue weighted by molar-refractivity contribution is 6.33. The molecule has 2 aliphatic rings.